The van der Waals surface area contributed by atoms with Gasteiger partial charge in [0.1, 0.15) is 17.4 Å². The number of ether oxygens (including phenoxy) is 1. The third-order valence-electron chi connectivity index (χ3n) is 5.03. The highest BCUT2D eigenvalue weighted by molar-refractivity contribution is 6.30. The first-order valence-electron chi connectivity index (χ1n) is 10.1. The van der Waals surface area contributed by atoms with Gasteiger partial charge in [0.15, 0.2) is 0 Å². The van der Waals surface area contributed by atoms with Crippen molar-refractivity contribution in [1.29, 1.82) is 5.41 Å². The van der Waals surface area contributed by atoms with Gasteiger partial charge in [-0.05, 0) is 44.2 Å². The van der Waals surface area contributed by atoms with E-state index in [9.17, 15) is 4.79 Å². The topological polar surface area (TPSA) is 92.9 Å². The second-order valence-electron chi connectivity index (χ2n) is 7.26. The van der Waals surface area contributed by atoms with E-state index >= 15 is 0 Å². The van der Waals surface area contributed by atoms with Gasteiger partial charge in [0.25, 0.3) is 0 Å². The van der Waals surface area contributed by atoms with Gasteiger partial charge in [0.05, 0.1) is 18.5 Å². The minimum absolute atomic E-state index is 0.0291. The van der Waals surface area contributed by atoms with Crippen LogP contribution in [0.5, 0.6) is 5.75 Å². The Balaban J connectivity index is 2.07. The molecule has 8 heteroatoms. The second kappa shape index (κ2) is 9.75. The number of nitrogens with zero attached hydrogens (tertiary/aromatic N) is 3. The van der Waals surface area contributed by atoms with Crippen LogP contribution in [0.3, 0.4) is 0 Å². The van der Waals surface area contributed by atoms with Gasteiger partial charge >= 0.3 is 0 Å². The Hall–Kier alpha value is -3.19. The Morgan fingerprint density at radius 1 is 1.23 bits per heavy atom. The van der Waals surface area contributed by atoms with Crippen LogP contribution in [0.2, 0.25) is 5.02 Å². The number of hydrogen-bond acceptors (Lipinski definition) is 5. The summed E-state index contributed by atoms with van der Waals surface area (Å²) in [6, 6.07) is 12.7. The zero-order valence-electron chi connectivity index (χ0n) is 18.1. The average Bonchev–Trinajstić information content (AvgIpc) is 3.13. The van der Waals surface area contributed by atoms with E-state index in [1.165, 1.54) is 0 Å². The van der Waals surface area contributed by atoms with Gasteiger partial charge in [0.2, 0.25) is 5.91 Å². The smallest absolute Gasteiger partial charge is 0.223 e. The molecule has 0 bridgehead atoms. The zero-order chi connectivity index (χ0) is 22.5. The second-order valence-corrected chi connectivity index (χ2v) is 7.70. The van der Waals surface area contributed by atoms with E-state index in [1.807, 2.05) is 55.7 Å². The average molecular weight is 440 g/mol. The number of benzene rings is 2. The van der Waals surface area contributed by atoms with Crippen molar-refractivity contribution in [2.45, 2.75) is 27.2 Å². The summed E-state index contributed by atoms with van der Waals surface area (Å²) >= 11 is 6.02. The van der Waals surface area contributed by atoms with E-state index in [0.717, 1.165) is 11.3 Å². The summed E-state index contributed by atoms with van der Waals surface area (Å²) in [5.74, 6) is 1.68. The zero-order valence-corrected chi connectivity index (χ0v) is 18.8. The van der Waals surface area contributed by atoms with Crippen LogP contribution in [0, 0.1) is 18.3 Å². The Morgan fingerprint density at radius 3 is 2.58 bits per heavy atom. The van der Waals surface area contributed by atoms with Crippen molar-refractivity contribution in [3.8, 4) is 11.4 Å². The molecule has 0 saturated carbocycles. The fourth-order valence-corrected chi connectivity index (χ4v) is 3.50. The highest BCUT2D eigenvalue weighted by Gasteiger charge is 2.22. The van der Waals surface area contributed by atoms with Crippen molar-refractivity contribution in [3.05, 3.63) is 70.3 Å². The minimum Gasteiger partial charge on any atom is -0.497 e. The molecule has 0 aliphatic heterocycles. The van der Waals surface area contributed by atoms with Gasteiger partial charge < -0.3 is 10.1 Å². The maximum atomic E-state index is 12.2. The Bertz CT molecular complexity index is 1090. The van der Waals surface area contributed by atoms with Gasteiger partial charge in [-0.1, -0.05) is 30.7 Å². The van der Waals surface area contributed by atoms with E-state index in [0.29, 0.717) is 46.7 Å². The van der Waals surface area contributed by atoms with Crippen LogP contribution >= 0.6 is 11.6 Å². The van der Waals surface area contributed by atoms with Crippen LogP contribution in [0.4, 0.5) is 0 Å². The number of aryl methyl sites for hydroxylation is 1. The first-order valence-corrected chi connectivity index (χ1v) is 10.4. The highest BCUT2D eigenvalue weighted by Crippen LogP contribution is 2.27. The molecule has 2 N–H and O–H groups in total. The van der Waals surface area contributed by atoms with E-state index < -0.39 is 0 Å². The summed E-state index contributed by atoms with van der Waals surface area (Å²) in [5, 5.41) is 20.9. The minimum atomic E-state index is -0.264. The molecule has 1 atom stereocenters. The largest absolute Gasteiger partial charge is 0.497 e. The van der Waals surface area contributed by atoms with Gasteiger partial charge in [-0.25, -0.2) is 0 Å². The molecule has 1 heterocycles. The number of carbonyl (C=O) groups is 1. The normalized spacial score (nSPS) is 11.8. The maximum absolute atomic E-state index is 12.2. The van der Waals surface area contributed by atoms with Crippen molar-refractivity contribution in [3.63, 3.8) is 0 Å². The van der Waals surface area contributed by atoms with Gasteiger partial charge in [-0.15, -0.1) is 10.2 Å². The van der Waals surface area contributed by atoms with Gasteiger partial charge in [0, 0.05) is 35.0 Å². The van der Waals surface area contributed by atoms with Crippen molar-refractivity contribution in [2.75, 3.05) is 13.7 Å². The maximum Gasteiger partial charge on any atom is 0.223 e. The van der Waals surface area contributed by atoms with Crippen LogP contribution < -0.4 is 10.1 Å². The van der Waals surface area contributed by atoms with Crippen LogP contribution in [0.25, 0.3) is 5.69 Å². The number of hydrogen-bond donors (Lipinski definition) is 2. The monoisotopic (exact) mass is 439 g/mol. The summed E-state index contributed by atoms with van der Waals surface area (Å²) in [6.45, 7) is 6.19. The molecule has 0 spiro atoms. The fraction of sp³-hybridized carbons (Fsp3) is 0.304. The first kappa shape index (κ1) is 22.5. The number of halogens is 1. The lowest BCUT2D eigenvalue weighted by Gasteiger charge is -2.17. The molecule has 0 aliphatic rings. The molecule has 3 aromatic rings. The number of amides is 1. The highest BCUT2D eigenvalue weighted by atomic mass is 35.5. The molecule has 0 aliphatic carbocycles. The number of methoxy groups -OCH3 is 1. The van der Waals surface area contributed by atoms with Gasteiger partial charge in [-0.2, -0.15) is 0 Å². The molecule has 1 aromatic heterocycles. The molecule has 0 saturated heterocycles. The van der Waals surface area contributed by atoms with Crippen molar-refractivity contribution < 1.29 is 9.53 Å². The predicted molar refractivity (Wildman–Crippen MR) is 122 cm³/mol. The summed E-state index contributed by atoms with van der Waals surface area (Å²) in [7, 11) is 1.59. The van der Waals surface area contributed by atoms with Crippen molar-refractivity contribution >= 4 is 23.2 Å². The van der Waals surface area contributed by atoms with Crippen LogP contribution in [0.15, 0.2) is 42.5 Å². The SMILES string of the molecule is CCNC(=O)C(C)Cc1nnc(C)n1-c1ccc(OC)cc1C(=N)c1ccc(Cl)cc1. The standard InChI is InChI=1S/C23H26ClN5O2/c1-5-26-23(30)14(2)12-21-28-27-15(3)29(21)20-11-10-18(31-4)13-19(20)22(25)16-6-8-17(24)9-7-16/h6-11,13-14,25H,5,12H2,1-4H3,(H,26,30). The molecule has 1 unspecified atom stereocenters. The van der Waals surface area contributed by atoms with Crippen LogP contribution in [-0.2, 0) is 11.2 Å². The van der Waals surface area contributed by atoms with E-state index in [2.05, 4.69) is 15.5 Å². The molecular formula is C23H26ClN5O2. The number of aromatic nitrogens is 3. The predicted octanol–water partition coefficient (Wildman–Crippen LogP) is 3.97. The van der Waals surface area contributed by atoms with Crippen LogP contribution in [0.1, 0.15) is 36.6 Å². The summed E-state index contributed by atoms with van der Waals surface area (Å²) in [6.07, 6.45) is 0.423. The molecule has 0 fully saturated rings. The van der Waals surface area contributed by atoms with Crippen molar-refractivity contribution in [2.24, 2.45) is 5.92 Å². The van der Waals surface area contributed by atoms with Crippen molar-refractivity contribution in [1.82, 2.24) is 20.1 Å². The quantitative estimate of drug-likeness (QED) is 0.519. The molecule has 1 amide bonds. The molecule has 31 heavy (non-hydrogen) atoms. The molecule has 0 radical (unpaired) electrons. The molecule has 7 nitrogen and oxygen atoms in total. The Kier molecular flexibility index (Phi) is 7.07. The lowest BCUT2D eigenvalue weighted by Crippen LogP contribution is -2.30. The van der Waals surface area contributed by atoms with Gasteiger partial charge in [-0.3, -0.25) is 14.8 Å². The fourth-order valence-electron chi connectivity index (χ4n) is 3.38. The molecule has 3 rings (SSSR count). The van der Waals surface area contributed by atoms with E-state index in [1.54, 1.807) is 19.2 Å². The summed E-state index contributed by atoms with van der Waals surface area (Å²) in [4.78, 5) is 12.2. The van der Waals surface area contributed by atoms with E-state index in [4.69, 9.17) is 21.7 Å². The Morgan fingerprint density at radius 2 is 1.94 bits per heavy atom. The molecule has 2 aromatic carbocycles. The summed E-state index contributed by atoms with van der Waals surface area (Å²) < 4.78 is 7.30. The number of carbonyl (C=O) groups excluding carboxylic acids is 1. The summed E-state index contributed by atoms with van der Waals surface area (Å²) in [5.41, 5.74) is 2.46. The molecule has 162 valence electrons. The van der Waals surface area contributed by atoms with Crippen LogP contribution in [-0.4, -0.2) is 40.0 Å². The first-order chi connectivity index (χ1) is 14.8. The Labute approximate surface area is 186 Å². The third kappa shape index (κ3) is 4.94. The third-order valence-corrected chi connectivity index (χ3v) is 5.28. The number of nitrogens with one attached hydrogen (secondary N) is 2. The molecular weight excluding hydrogens is 414 g/mol. The lowest BCUT2D eigenvalue weighted by molar-refractivity contribution is -0.124. The lowest BCUT2D eigenvalue weighted by atomic mass is 9.99. The number of rotatable bonds is 8. The van der Waals surface area contributed by atoms with E-state index in [-0.39, 0.29) is 11.8 Å².